The van der Waals surface area contributed by atoms with E-state index >= 15 is 0 Å². The van der Waals surface area contributed by atoms with Crippen LogP contribution in [0.5, 0.6) is 0 Å². The van der Waals surface area contributed by atoms with Gasteiger partial charge in [-0.05, 0) is 96.3 Å². The van der Waals surface area contributed by atoms with Crippen LogP contribution in [-0.2, 0) is 14.3 Å². The van der Waals surface area contributed by atoms with Crippen molar-refractivity contribution in [2.75, 3.05) is 6.61 Å². The Labute approximate surface area is 381 Å². The smallest absolute Gasteiger partial charge is 0.306 e. The number of esters is 1. The van der Waals surface area contributed by atoms with Crippen LogP contribution >= 0.6 is 0 Å². The number of ether oxygens (including phenoxy) is 1. The Morgan fingerprint density at radius 2 is 0.871 bits per heavy atom. The third kappa shape index (κ3) is 43.2. The zero-order chi connectivity index (χ0) is 45.2. The third-order valence-corrected chi connectivity index (χ3v) is 10.6. The molecule has 0 aliphatic heterocycles. The Morgan fingerprint density at radius 1 is 0.484 bits per heavy atom. The van der Waals surface area contributed by atoms with Gasteiger partial charge in [-0.15, -0.1) is 0 Å². The molecule has 0 bridgehead atoms. The number of unbranched alkanes of at least 4 members (excludes halogenated alkanes) is 13. The van der Waals surface area contributed by atoms with Gasteiger partial charge in [0.15, 0.2) is 0 Å². The average Bonchev–Trinajstić information content (AvgIpc) is 3.26. The van der Waals surface area contributed by atoms with Crippen molar-refractivity contribution in [3.8, 4) is 0 Å². The second kappa shape index (κ2) is 48.6. The highest BCUT2D eigenvalue weighted by molar-refractivity contribution is 5.77. The summed E-state index contributed by atoms with van der Waals surface area (Å²) in [7, 11) is 0. The summed E-state index contributed by atoms with van der Waals surface area (Å²) in [5, 5.41) is 23.7. The predicted octanol–water partition coefficient (Wildman–Crippen LogP) is 15.1. The van der Waals surface area contributed by atoms with Gasteiger partial charge in [-0.25, -0.2) is 0 Å². The van der Waals surface area contributed by atoms with Gasteiger partial charge in [-0.1, -0.05) is 207 Å². The summed E-state index contributed by atoms with van der Waals surface area (Å²) in [5.74, 6) is -0.624. The van der Waals surface area contributed by atoms with E-state index in [9.17, 15) is 19.8 Å². The SMILES string of the molecule is CC/C=C\C/C=C\C/C=C\C/C=C\C/C=C\C/C=C\CCC(=O)OC(CCCC/C=C/C/C=C/C/C=C/CC)CC(=O)NC(CO)C(O)CCCCCCCCCCCCCC. The molecule has 0 aromatic carbocycles. The maximum Gasteiger partial charge on any atom is 0.306 e. The number of carbonyl (C=O) groups is 2. The molecule has 0 saturated carbocycles. The summed E-state index contributed by atoms with van der Waals surface area (Å²) >= 11 is 0. The Balaban J connectivity index is 4.74. The maximum absolute atomic E-state index is 13.2. The van der Waals surface area contributed by atoms with Gasteiger partial charge in [0.25, 0.3) is 0 Å². The second-order valence-electron chi connectivity index (χ2n) is 16.4. The summed E-state index contributed by atoms with van der Waals surface area (Å²) in [6, 6.07) is -0.735. The molecule has 0 heterocycles. The monoisotopic (exact) mass is 860 g/mol. The minimum absolute atomic E-state index is 0.0145. The zero-order valence-electron chi connectivity index (χ0n) is 40.0. The van der Waals surface area contributed by atoms with Gasteiger partial charge < -0.3 is 20.3 Å². The van der Waals surface area contributed by atoms with Crippen molar-refractivity contribution in [3.63, 3.8) is 0 Å². The number of hydrogen-bond acceptors (Lipinski definition) is 5. The lowest BCUT2D eigenvalue weighted by Gasteiger charge is -2.24. The maximum atomic E-state index is 13.2. The number of hydrogen-bond donors (Lipinski definition) is 3. The lowest BCUT2D eigenvalue weighted by atomic mass is 10.0. The summed E-state index contributed by atoms with van der Waals surface area (Å²) in [5.41, 5.74) is 0. The fourth-order valence-corrected chi connectivity index (χ4v) is 6.88. The molecule has 0 spiro atoms. The molecule has 6 heteroatoms. The number of allylic oxidation sites excluding steroid dienone is 18. The van der Waals surface area contributed by atoms with E-state index in [1.54, 1.807) is 0 Å². The predicted molar refractivity (Wildman–Crippen MR) is 268 cm³/mol. The van der Waals surface area contributed by atoms with Crippen LogP contribution in [0.2, 0.25) is 0 Å². The third-order valence-electron chi connectivity index (χ3n) is 10.6. The van der Waals surface area contributed by atoms with Crippen LogP contribution in [0.1, 0.15) is 207 Å². The first-order chi connectivity index (χ1) is 30.5. The van der Waals surface area contributed by atoms with E-state index in [2.05, 4.69) is 129 Å². The first-order valence-corrected chi connectivity index (χ1v) is 25.1. The van der Waals surface area contributed by atoms with Gasteiger partial charge >= 0.3 is 5.97 Å². The number of aliphatic hydroxyl groups is 2. The molecule has 0 aliphatic rings. The van der Waals surface area contributed by atoms with Crippen LogP contribution in [0.4, 0.5) is 0 Å². The van der Waals surface area contributed by atoms with Crippen molar-refractivity contribution >= 4 is 11.9 Å². The first kappa shape index (κ1) is 58.5. The second-order valence-corrected chi connectivity index (χ2v) is 16.4. The normalized spacial score (nSPS) is 14.2. The molecule has 3 atom stereocenters. The van der Waals surface area contributed by atoms with Gasteiger partial charge in [0, 0.05) is 6.42 Å². The van der Waals surface area contributed by atoms with Crippen molar-refractivity contribution in [2.24, 2.45) is 0 Å². The summed E-state index contributed by atoms with van der Waals surface area (Å²) in [4.78, 5) is 26.1. The highest BCUT2D eigenvalue weighted by Gasteiger charge is 2.24. The average molecular weight is 860 g/mol. The van der Waals surface area contributed by atoms with Gasteiger partial charge in [0.2, 0.25) is 5.91 Å². The standard InChI is InChI=1S/C56H93NO5/c1-4-7-10-13-16-19-22-25-26-27-28-29-30-31-34-37-40-43-46-49-56(61)62-52(47-44-41-38-35-32-23-20-17-14-11-8-5-2)50-55(60)57-53(51-58)54(59)48-45-42-39-36-33-24-21-18-15-12-9-6-3/h7-8,10-11,16-17,19-20,25-26,28-29,31-32,34-35,40,43,52-54,58-59H,4-6,9,12-15,18,21-24,27,30,33,36-39,41-42,44-51H2,1-3H3,(H,57,60)/b10-7-,11-8+,19-16-,20-17+,26-25-,29-28-,34-31-,35-32+,43-40-. The Hall–Kier alpha value is -3.48. The zero-order valence-corrected chi connectivity index (χ0v) is 40.0. The molecule has 0 aliphatic carbocycles. The van der Waals surface area contributed by atoms with Gasteiger partial charge in [-0.3, -0.25) is 9.59 Å². The van der Waals surface area contributed by atoms with Crippen molar-refractivity contribution in [1.82, 2.24) is 5.32 Å². The molecule has 0 aromatic heterocycles. The molecule has 62 heavy (non-hydrogen) atoms. The van der Waals surface area contributed by atoms with Crippen LogP contribution in [0.3, 0.4) is 0 Å². The molecular weight excluding hydrogens is 767 g/mol. The van der Waals surface area contributed by atoms with Crippen LogP contribution in [0, 0.1) is 0 Å². The fraction of sp³-hybridized carbons (Fsp3) is 0.643. The molecule has 3 unspecified atom stereocenters. The molecule has 6 nitrogen and oxygen atoms in total. The van der Waals surface area contributed by atoms with Gasteiger partial charge in [0.05, 0.1) is 25.2 Å². The summed E-state index contributed by atoms with van der Waals surface area (Å²) in [6.07, 6.45) is 65.9. The molecule has 0 rings (SSSR count). The van der Waals surface area contributed by atoms with E-state index in [1.165, 1.54) is 57.8 Å². The Bertz CT molecular complexity index is 1280. The van der Waals surface area contributed by atoms with Gasteiger partial charge in [0.1, 0.15) is 6.10 Å². The quantitative estimate of drug-likeness (QED) is 0.0322. The molecule has 0 aromatic rings. The number of rotatable bonds is 43. The molecule has 3 N–H and O–H groups in total. The molecule has 0 radical (unpaired) electrons. The van der Waals surface area contributed by atoms with Crippen LogP contribution < -0.4 is 5.32 Å². The minimum Gasteiger partial charge on any atom is -0.462 e. The van der Waals surface area contributed by atoms with E-state index in [1.807, 2.05) is 6.08 Å². The molecule has 1 amide bonds. The Morgan fingerprint density at radius 3 is 1.31 bits per heavy atom. The van der Waals surface area contributed by atoms with Crippen molar-refractivity contribution < 1.29 is 24.5 Å². The minimum atomic E-state index is -0.816. The highest BCUT2D eigenvalue weighted by atomic mass is 16.5. The summed E-state index contributed by atoms with van der Waals surface area (Å²) in [6.45, 7) is 6.21. The topological polar surface area (TPSA) is 95.9 Å². The van der Waals surface area contributed by atoms with Crippen LogP contribution in [0.25, 0.3) is 0 Å². The molecule has 352 valence electrons. The van der Waals surface area contributed by atoms with Crippen LogP contribution in [0.15, 0.2) is 109 Å². The van der Waals surface area contributed by atoms with E-state index < -0.39 is 18.2 Å². The number of amides is 1. The lowest BCUT2D eigenvalue weighted by Crippen LogP contribution is -2.46. The highest BCUT2D eigenvalue weighted by Crippen LogP contribution is 2.16. The van der Waals surface area contributed by atoms with E-state index in [0.717, 1.165) is 96.3 Å². The molecular formula is C56H93NO5. The lowest BCUT2D eigenvalue weighted by molar-refractivity contribution is -0.150. The van der Waals surface area contributed by atoms with Crippen LogP contribution in [-0.4, -0.2) is 46.9 Å². The van der Waals surface area contributed by atoms with Crippen molar-refractivity contribution in [2.45, 2.75) is 225 Å². The number of carbonyl (C=O) groups excluding carboxylic acids is 2. The van der Waals surface area contributed by atoms with E-state index in [4.69, 9.17) is 4.74 Å². The number of aliphatic hydroxyl groups excluding tert-OH is 2. The number of nitrogens with one attached hydrogen (secondary N) is 1. The van der Waals surface area contributed by atoms with Gasteiger partial charge in [-0.2, -0.15) is 0 Å². The van der Waals surface area contributed by atoms with E-state index in [-0.39, 0.29) is 31.3 Å². The van der Waals surface area contributed by atoms with Crippen molar-refractivity contribution in [3.05, 3.63) is 109 Å². The molecule has 0 fully saturated rings. The fourth-order valence-electron chi connectivity index (χ4n) is 6.88. The first-order valence-electron chi connectivity index (χ1n) is 25.1. The van der Waals surface area contributed by atoms with Crippen molar-refractivity contribution in [1.29, 1.82) is 0 Å². The van der Waals surface area contributed by atoms with E-state index in [0.29, 0.717) is 19.3 Å². The summed E-state index contributed by atoms with van der Waals surface area (Å²) < 4.78 is 5.86. The largest absolute Gasteiger partial charge is 0.462 e. The Kier molecular flexibility index (Phi) is 45.8. The molecule has 0 saturated heterocycles.